The summed E-state index contributed by atoms with van der Waals surface area (Å²) in [6.07, 6.45) is 3.61. The lowest BCUT2D eigenvalue weighted by Gasteiger charge is -2.07. The van der Waals surface area contributed by atoms with Gasteiger partial charge in [0.05, 0.1) is 12.9 Å². The van der Waals surface area contributed by atoms with Crippen LogP contribution in [0.5, 0.6) is 0 Å². The molecule has 0 atom stereocenters. The first-order chi connectivity index (χ1) is 4.22. The highest BCUT2D eigenvalue weighted by Gasteiger charge is 1.98. The Kier molecular flexibility index (Phi) is 3.85. The van der Waals surface area contributed by atoms with Gasteiger partial charge in [0, 0.05) is 5.92 Å². The smallest absolute Gasteiger partial charge is 0.0980 e. The highest BCUT2D eigenvalue weighted by molar-refractivity contribution is 5.05. The van der Waals surface area contributed by atoms with E-state index in [0.29, 0.717) is 5.92 Å². The molecule has 52 valence electrons. The van der Waals surface area contributed by atoms with E-state index in [1.165, 1.54) is 0 Å². The lowest BCUT2D eigenvalue weighted by atomic mass is 10.1. The van der Waals surface area contributed by atoms with Crippen molar-refractivity contribution < 1.29 is 4.74 Å². The van der Waals surface area contributed by atoms with E-state index in [1.54, 1.807) is 13.2 Å². The molecule has 0 unspecified atom stereocenters. The molecule has 0 aliphatic carbocycles. The van der Waals surface area contributed by atoms with Crippen molar-refractivity contribution in [2.45, 2.75) is 13.8 Å². The Balaban J connectivity index is 3.96. The molecule has 0 spiro atoms. The number of hydrogen-bond acceptors (Lipinski definition) is 1. The second-order valence-corrected chi connectivity index (χ2v) is 2.16. The van der Waals surface area contributed by atoms with Crippen LogP contribution >= 0.6 is 0 Å². The molecular weight excluding hydrogens is 112 g/mol. The van der Waals surface area contributed by atoms with Gasteiger partial charge in [-0.1, -0.05) is 26.5 Å². The molecule has 0 aromatic rings. The maximum Gasteiger partial charge on any atom is 0.0980 e. The van der Waals surface area contributed by atoms with E-state index in [0.717, 1.165) is 5.76 Å². The van der Waals surface area contributed by atoms with Crippen LogP contribution in [0, 0.1) is 5.92 Å². The van der Waals surface area contributed by atoms with Gasteiger partial charge < -0.3 is 4.74 Å². The predicted octanol–water partition coefficient (Wildman–Crippen LogP) is 2.36. The van der Waals surface area contributed by atoms with Crippen molar-refractivity contribution in [2.24, 2.45) is 5.92 Å². The summed E-state index contributed by atoms with van der Waals surface area (Å²) in [4.78, 5) is 0. The molecule has 0 N–H and O–H groups in total. The molecule has 1 heteroatoms. The first-order valence-corrected chi connectivity index (χ1v) is 3.09. The molecule has 0 fully saturated rings. The molecule has 0 radical (unpaired) electrons. The van der Waals surface area contributed by atoms with Crippen LogP contribution in [0.25, 0.3) is 0 Å². The van der Waals surface area contributed by atoms with Crippen molar-refractivity contribution in [3.8, 4) is 0 Å². The van der Waals surface area contributed by atoms with E-state index in [2.05, 4.69) is 20.4 Å². The van der Waals surface area contributed by atoms with Crippen LogP contribution in [0.3, 0.4) is 0 Å². The van der Waals surface area contributed by atoms with Gasteiger partial charge in [0.2, 0.25) is 0 Å². The van der Waals surface area contributed by atoms with Crippen LogP contribution < -0.4 is 0 Å². The van der Waals surface area contributed by atoms with E-state index in [-0.39, 0.29) is 0 Å². The van der Waals surface area contributed by atoms with E-state index in [9.17, 15) is 0 Å². The minimum atomic E-state index is 0.452. The zero-order valence-corrected chi connectivity index (χ0v) is 6.35. The summed E-state index contributed by atoms with van der Waals surface area (Å²) in [6.45, 7) is 7.74. The van der Waals surface area contributed by atoms with Gasteiger partial charge in [0.25, 0.3) is 0 Å². The minimum absolute atomic E-state index is 0.452. The van der Waals surface area contributed by atoms with E-state index in [4.69, 9.17) is 4.74 Å². The van der Waals surface area contributed by atoms with Gasteiger partial charge in [-0.15, -0.1) is 0 Å². The molecular formula is C8H14O. The molecule has 0 aliphatic rings. The van der Waals surface area contributed by atoms with Crippen molar-refractivity contribution in [1.29, 1.82) is 0 Å². The summed E-state index contributed by atoms with van der Waals surface area (Å²) in [5, 5.41) is 0. The normalized spacial score (nSPS) is 11.8. The van der Waals surface area contributed by atoms with Gasteiger partial charge in [0.1, 0.15) is 0 Å². The van der Waals surface area contributed by atoms with Gasteiger partial charge >= 0.3 is 0 Å². The fraction of sp³-hybridized carbons (Fsp3) is 0.500. The second kappa shape index (κ2) is 4.19. The monoisotopic (exact) mass is 126 g/mol. The molecule has 0 heterocycles. The molecule has 0 bridgehead atoms. The third-order valence-electron chi connectivity index (χ3n) is 1.09. The molecule has 0 aliphatic heterocycles. The molecule has 0 saturated carbocycles. The fourth-order valence-corrected chi connectivity index (χ4v) is 0.612. The van der Waals surface area contributed by atoms with E-state index in [1.807, 2.05) is 6.08 Å². The van der Waals surface area contributed by atoms with Gasteiger partial charge in [-0.2, -0.15) is 0 Å². The fourth-order valence-electron chi connectivity index (χ4n) is 0.612. The highest BCUT2D eigenvalue weighted by Crippen LogP contribution is 2.08. The summed E-state index contributed by atoms with van der Waals surface area (Å²) in [5.41, 5.74) is 0. The molecule has 1 nitrogen and oxygen atoms in total. The first kappa shape index (κ1) is 8.28. The average molecular weight is 126 g/mol. The minimum Gasteiger partial charge on any atom is -0.501 e. The molecule has 0 aromatic heterocycles. The second-order valence-electron chi connectivity index (χ2n) is 2.16. The number of rotatable bonds is 3. The maximum absolute atomic E-state index is 5.04. The molecule has 0 aromatic carbocycles. The Hall–Kier alpha value is -0.720. The third-order valence-corrected chi connectivity index (χ3v) is 1.09. The van der Waals surface area contributed by atoms with Gasteiger partial charge in [-0.25, -0.2) is 0 Å². The lowest BCUT2D eigenvalue weighted by Crippen LogP contribution is -1.94. The number of hydrogen-bond donors (Lipinski definition) is 0. The van der Waals surface area contributed by atoms with Crippen LogP contribution in [-0.2, 0) is 4.74 Å². The SMILES string of the molecule is C=C/C=C(\OC)C(C)C. The first-order valence-electron chi connectivity index (χ1n) is 3.09. The van der Waals surface area contributed by atoms with Crippen molar-refractivity contribution in [3.05, 3.63) is 24.5 Å². The molecule has 9 heavy (non-hydrogen) atoms. The van der Waals surface area contributed by atoms with Crippen molar-refractivity contribution in [1.82, 2.24) is 0 Å². The summed E-state index contributed by atoms with van der Waals surface area (Å²) >= 11 is 0. The van der Waals surface area contributed by atoms with Gasteiger partial charge in [0.15, 0.2) is 0 Å². The Labute approximate surface area is 57.0 Å². The lowest BCUT2D eigenvalue weighted by molar-refractivity contribution is 0.254. The highest BCUT2D eigenvalue weighted by atomic mass is 16.5. The van der Waals surface area contributed by atoms with Crippen LogP contribution in [0.1, 0.15) is 13.8 Å². The zero-order chi connectivity index (χ0) is 7.28. The average Bonchev–Trinajstić information content (AvgIpc) is 1.82. The number of methoxy groups -OCH3 is 1. The molecule has 0 saturated heterocycles. The van der Waals surface area contributed by atoms with Gasteiger partial charge in [-0.3, -0.25) is 0 Å². The quantitative estimate of drug-likeness (QED) is 0.416. The topological polar surface area (TPSA) is 9.23 Å². The summed E-state index contributed by atoms with van der Waals surface area (Å²) < 4.78 is 5.04. The van der Waals surface area contributed by atoms with Crippen LogP contribution in [0.15, 0.2) is 24.5 Å². The predicted molar refractivity (Wildman–Crippen MR) is 40.1 cm³/mol. The van der Waals surface area contributed by atoms with Crippen molar-refractivity contribution >= 4 is 0 Å². The Morgan fingerprint density at radius 2 is 2.11 bits per heavy atom. The zero-order valence-electron chi connectivity index (χ0n) is 6.35. The van der Waals surface area contributed by atoms with Crippen LogP contribution in [-0.4, -0.2) is 7.11 Å². The Morgan fingerprint density at radius 1 is 1.56 bits per heavy atom. The molecule has 0 rings (SSSR count). The van der Waals surface area contributed by atoms with Crippen molar-refractivity contribution in [3.63, 3.8) is 0 Å². The van der Waals surface area contributed by atoms with E-state index < -0.39 is 0 Å². The standard InChI is InChI=1S/C8H14O/c1-5-6-8(9-4)7(2)3/h5-7H,1H2,2-4H3/b8-6-. The number of ether oxygens (including phenoxy) is 1. The third kappa shape index (κ3) is 2.96. The van der Waals surface area contributed by atoms with Crippen molar-refractivity contribution in [2.75, 3.05) is 7.11 Å². The largest absolute Gasteiger partial charge is 0.501 e. The molecule has 0 amide bonds. The van der Waals surface area contributed by atoms with Crippen LogP contribution in [0.2, 0.25) is 0 Å². The maximum atomic E-state index is 5.04. The summed E-state index contributed by atoms with van der Waals surface area (Å²) in [7, 11) is 1.68. The summed E-state index contributed by atoms with van der Waals surface area (Å²) in [5.74, 6) is 1.43. The number of allylic oxidation sites excluding steroid dienone is 3. The Morgan fingerprint density at radius 3 is 2.22 bits per heavy atom. The van der Waals surface area contributed by atoms with E-state index >= 15 is 0 Å². The summed E-state index contributed by atoms with van der Waals surface area (Å²) in [6, 6.07) is 0. The van der Waals surface area contributed by atoms with Gasteiger partial charge in [-0.05, 0) is 6.08 Å². The Bertz CT molecular complexity index is 112. The van der Waals surface area contributed by atoms with Crippen LogP contribution in [0.4, 0.5) is 0 Å².